The van der Waals surface area contributed by atoms with E-state index in [2.05, 4.69) is 0 Å². The van der Waals surface area contributed by atoms with Crippen molar-refractivity contribution in [2.45, 2.75) is 6.42 Å². The SMILES string of the molecule is NC1=CC=C(Oc2ccc(N)cc2)CC=C1. The molecule has 0 spiro atoms. The molecule has 3 nitrogen and oxygen atoms in total. The highest BCUT2D eigenvalue weighted by Gasteiger charge is 2.00. The van der Waals surface area contributed by atoms with Gasteiger partial charge in [-0.1, -0.05) is 6.08 Å². The van der Waals surface area contributed by atoms with Crippen LogP contribution in [-0.2, 0) is 0 Å². The van der Waals surface area contributed by atoms with Gasteiger partial charge in [0.25, 0.3) is 0 Å². The first kappa shape index (κ1) is 10.4. The van der Waals surface area contributed by atoms with E-state index < -0.39 is 0 Å². The summed E-state index contributed by atoms with van der Waals surface area (Å²) in [5.41, 5.74) is 12.7. The number of nitrogen functional groups attached to an aromatic ring is 1. The van der Waals surface area contributed by atoms with Gasteiger partial charge >= 0.3 is 0 Å². The first-order valence-electron chi connectivity index (χ1n) is 5.10. The van der Waals surface area contributed by atoms with Crippen molar-refractivity contribution in [3.05, 3.63) is 60.0 Å². The molecule has 0 atom stereocenters. The Bertz CT molecular complexity index is 455. The van der Waals surface area contributed by atoms with Gasteiger partial charge in [0.1, 0.15) is 11.5 Å². The molecule has 1 aliphatic rings. The van der Waals surface area contributed by atoms with Crippen molar-refractivity contribution in [3.8, 4) is 5.75 Å². The van der Waals surface area contributed by atoms with E-state index in [1.165, 1.54) is 0 Å². The van der Waals surface area contributed by atoms with Gasteiger partial charge in [0.15, 0.2) is 0 Å². The van der Waals surface area contributed by atoms with Crippen LogP contribution in [0.3, 0.4) is 0 Å². The van der Waals surface area contributed by atoms with Gasteiger partial charge in [0, 0.05) is 17.8 Å². The van der Waals surface area contributed by atoms with Crippen LogP contribution in [0.25, 0.3) is 0 Å². The van der Waals surface area contributed by atoms with Crippen molar-refractivity contribution in [1.82, 2.24) is 0 Å². The lowest BCUT2D eigenvalue weighted by Gasteiger charge is -2.07. The fraction of sp³-hybridized carbons (Fsp3) is 0.0769. The van der Waals surface area contributed by atoms with Gasteiger partial charge in [0.2, 0.25) is 0 Å². The van der Waals surface area contributed by atoms with E-state index in [1.807, 2.05) is 48.6 Å². The van der Waals surface area contributed by atoms with Crippen LogP contribution in [0.4, 0.5) is 5.69 Å². The van der Waals surface area contributed by atoms with Crippen LogP contribution < -0.4 is 16.2 Å². The Hall–Kier alpha value is -2.16. The third kappa shape index (κ3) is 2.67. The molecule has 0 saturated heterocycles. The van der Waals surface area contributed by atoms with Crippen molar-refractivity contribution >= 4 is 5.69 Å². The predicted octanol–water partition coefficient (Wildman–Crippen LogP) is 2.33. The van der Waals surface area contributed by atoms with Gasteiger partial charge in [-0.25, -0.2) is 0 Å². The molecule has 0 radical (unpaired) electrons. The lowest BCUT2D eigenvalue weighted by molar-refractivity contribution is 0.416. The number of hydrogen-bond donors (Lipinski definition) is 2. The fourth-order valence-corrected chi connectivity index (χ4v) is 1.39. The van der Waals surface area contributed by atoms with Crippen molar-refractivity contribution in [3.63, 3.8) is 0 Å². The van der Waals surface area contributed by atoms with Gasteiger partial charge in [-0.2, -0.15) is 0 Å². The maximum Gasteiger partial charge on any atom is 0.127 e. The minimum Gasteiger partial charge on any atom is -0.461 e. The van der Waals surface area contributed by atoms with E-state index in [-0.39, 0.29) is 0 Å². The Morgan fingerprint density at radius 1 is 1.00 bits per heavy atom. The standard InChI is InChI=1S/C13H14N2O/c14-10-2-1-3-12(7-4-10)16-13-8-5-11(15)6-9-13/h1-2,4-9H,3,14-15H2. The monoisotopic (exact) mass is 214 g/mol. The minimum absolute atomic E-state index is 0.728. The molecule has 4 N–H and O–H groups in total. The summed E-state index contributed by atoms with van der Waals surface area (Å²) >= 11 is 0. The van der Waals surface area contributed by atoms with E-state index in [4.69, 9.17) is 16.2 Å². The van der Waals surface area contributed by atoms with E-state index >= 15 is 0 Å². The van der Waals surface area contributed by atoms with Gasteiger partial charge in [0.05, 0.1) is 0 Å². The molecule has 1 aromatic rings. The molecule has 0 aliphatic heterocycles. The van der Waals surface area contributed by atoms with Crippen LogP contribution in [0.1, 0.15) is 6.42 Å². The Kier molecular flexibility index (Phi) is 2.96. The summed E-state index contributed by atoms with van der Waals surface area (Å²) in [7, 11) is 0. The normalized spacial score (nSPS) is 15.0. The van der Waals surface area contributed by atoms with Gasteiger partial charge in [-0.15, -0.1) is 0 Å². The third-order valence-electron chi connectivity index (χ3n) is 2.22. The van der Waals surface area contributed by atoms with Gasteiger partial charge in [-0.3, -0.25) is 0 Å². The summed E-state index contributed by atoms with van der Waals surface area (Å²) in [6.07, 6.45) is 8.29. The first-order chi connectivity index (χ1) is 7.74. The third-order valence-corrected chi connectivity index (χ3v) is 2.22. The number of anilines is 1. The zero-order chi connectivity index (χ0) is 11.4. The second kappa shape index (κ2) is 4.57. The summed E-state index contributed by atoms with van der Waals surface area (Å²) in [5, 5.41) is 0. The van der Waals surface area contributed by atoms with Crippen LogP contribution in [-0.4, -0.2) is 0 Å². The number of hydrogen-bond acceptors (Lipinski definition) is 3. The molecule has 1 aromatic carbocycles. The second-order valence-electron chi connectivity index (χ2n) is 3.58. The minimum atomic E-state index is 0.728. The zero-order valence-corrected chi connectivity index (χ0v) is 8.89. The molecular weight excluding hydrogens is 200 g/mol. The molecular formula is C13H14N2O. The molecule has 2 rings (SSSR count). The van der Waals surface area contributed by atoms with Crippen molar-refractivity contribution in [2.24, 2.45) is 5.73 Å². The molecule has 0 saturated carbocycles. The van der Waals surface area contributed by atoms with Crippen LogP contribution in [0.2, 0.25) is 0 Å². The second-order valence-corrected chi connectivity index (χ2v) is 3.58. The molecule has 0 unspecified atom stereocenters. The van der Waals surface area contributed by atoms with E-state index in [1.54, 1.807) is 0 Å². The number of rotatable bonds is 2. The summed E-state index contributed by atoms with van der Waals surface area (Å²) in [6.45, 7) is 0. The Balaban J connectivity index is 2.10. The molecule has 82 valence electrons. The Morgan fingerprint density at radius 3 is 2.50 bits per heavy atom. The van der Waals surface area contributed by atoms with Gasteiger partial charge in [-0.05, 0) is 42.5 Å². The first-order valence-corrected chi connectivity index (χ1v) is 5.10. The zero-order valence-electron chi connectivity index (χ0n) is 8.89. The molecule has 0 amide bonds. The number of ether oxygens (including phenoxy) is 1. The summed E-state index contributed by atoms with van der Waals surface area (Å²) < 4.78 is 5.69. The van der Waals surface area contributed by atoms with E-state index in [9.17, 15) is 0 Å². The van der Waals surface area contributed by atoms with Crippen LogP contribution in [0.15, 0.2) is 60.0 Å². The molecule has 0 bridgehead atoms. The van der Waals surface area contributed by atoms with Crippen molar-refractivity contribution in [1.29, 1.82) is 0 Å². The maximum atomic E-state index is 5.69. The fourth-order valence-electron chi connectivity index (χ4n) is 1.39. The molecule has 0 fully saturated rings. The van der Waals surface area contributed by atoms with Crippen LogP contribution in [0.5, 0.6) is 5.75 Å². The average molecular weight is 214 g/mol. The quantitative estimate of drug-likeness (QED) is 0.743. The van der Waals surface area contributed by atoms with Crippen molar-refractivity contribution in [2.75, 3.05) is 5.73 Å². The lowest BCUT2D eigenvalue weighted by Crippen LogP contribution is -1.94. The summed E-state index contributed by atoms with van der Waals surface area (Å²) in [5.74, 6) is 1.64. The number of benzene rings is 1. The highest BCUT2D eigenvalue weighted by atomic mass is 16.5. The van der Waals surface area contributed by atoms with Gasteiger partial charge < -0.3 is 16.2 Å². The van der Waals surface area contributed by atoms with E-state index in [0.29, 0.717) is 0 Å². The Morgan fingerprint density at radius 2 is 1.75 bits per heavy atom. The number of allylic oxidation sites excluding steroid dienone is 4. The molecule has 3 heteroatoms. The number of nitrogens with two attached hydrogens (primary N) is 2. The largest absolute Gasteiger partial charge is 0.461 e. The lowest BCUT2D eigenvalue weighted by atomic mass is 10.3. The summed E-state index contributed by atoms with van der Waals surface area (Å²) in [4.78, 5) is 0. The smallest absolute Gasteiger partial charge is 0.127 e. The van der Waals surface area contributed by atoms with Crippen molar-refractivity contribution < 1.29 is 4.74 Å². The topological polar surface area (TPSA) is 61.3 Å². The average Bonchev–Trinajstić information content (AvgIpc) is 2.47. The highest BCUT2D eigenvalue weighted by molar-refractivity contribution is 5.42. The maximum absolute atomic E-state index is 5.69. The Labute approximate surface area is 94.7 Å². The van der Waals surface area contributed by atoms with E-state index in [0.717, 1.165) is 29.3 Å². The van der Waals surface area contributed by atoms with Crippen LogP contribution >= 0.6 is 0 Å². The molecule has 0 aromatic heterocycles. The molecule has 0 heterocycles. The highest BCUT2D eigenvalue weighted by Crippen LogP contribution is 2.19. The molecule has 16 heavy (non-hydrogen) atoms. The van der Waals surface area contributed by atoms with Crippen LogP contribution in [0, 0.1) is 0 Å². The molecule has 1 aliphatic carbocycles. The predicted molar refractivity (Wildman–Crippen MR) is 65.6 cm³/mol. The summed E-state index contributed by atoms with van der Waals surface area (Å²) in [6, 6.07) is 7.31.